The predicted molar refractivity (Wildman–Crippen MR) is 105 cm³/mol. The van der Waals surface area contributed by atoms with Crippen LogP contribution in [0.25, 0.3) is 28.0 Å². The first-order chi connectivity index (χ1) is 15.1. The van der Waals surface area contributed by atoms with Gasteiger partial charge in [-0.1, -0.05) is 0 Å². The quantitative estimate of drug-likeness (QED) is 0.403. The number of fused-ring (bicyclic) bond motifs is 1. The zero-order valence-electron chi connectivity index (χ0n) is 16.6. The van der Waals surface area contributed by atoms with Crippen LogP contribution < -0.4 is 0 Å². The van der Waals surface area contributed by atoms with Gasteiger partial charge < -0.3 is 4.40 Å². The summed E-state index contributed by atoms with van der Waals surface area (Å²) in [7, 11) is 0. The molecule has 0 bridgehead atoms. The fourth-order valence-electron chi connectivity index (χ4n) is 3.25. The number of alkyl halides is 5. The molecule has 0 aliphatic carbocycles. The second-order valence-corrected chi connectivity index (χ2v) is 7.21. The fourth-order valence-corrected chi connectivity index (χ4v) is 3.25. The molecule has 164 valence electrons. The number of nitrogens with zero attached hydrogens (tertiary/aromatic N) is 6. The van der Waals surface area contributed by atoms with E-state index in [1.54, 1.807) is 24.4 Å². The smallest absolute Gasteiger partial charge is 0.307 e. The first kappa shape index (κ1) is 21.4. The minimum absolute atomic E-state index is 0.167. The standard InChI is InChI=1S/C21H15F5N6/c1-13-11-31-6-4-14(8-18(31)29-13)19-17(3-2-16(9-27)30-19)15-10-28-32(12-15)7-5-20(22,23)21(24,25)26/h2-4,6,8,10-12H,5,7H2,1H3. The molecule has 0 radical (unpaired) electrons. The third kappa shape index (κ3) is 4.03. The molecule has 4 aromatic rings. The summed E-state index contributed by atoms with van der Waals surface area (Å²) in [6.45, 7) is 1.23. The van der Waals surface area contributed by atoms with Crippen LogP contribution in [0.4, 0.5) is 22.0 Å². The van der Waals surface area contributed by atoms with Crippen molar-refractivity contribution >= 4 is 5.65 Å². The molecule has 0 N–H and O–H groups in total. The van der Waals surface area contributed by atoms with Gasteiger partial charge >= 0.3 is 12.1 Å². The van der Waals surface area contributed by atoms with Crippen LogP contribution in [0.1, 0.15) is 17.8 Å². The van der Waals surface area contributed by atoms with E-state index in [0.717, 1.165) is 10.4 Å². The zero-order valence-corrected chi connectivity index (χ0v) is 16.6. The molecule has 0 aliphatic heterocycles. The third-order valence-electron chi connectivity index (χ3n) is 4.88. The number of halogens is 5. The molecule has 0 amide bonds. The highest BCUT2D eigenvalue weighted by atomic mass is 19.4. The number of aromatic nitrogens is 5. The largest absolute Gasteiger partial charge is 0.453 e. The van der Waals surface area contributed by atoms with Gasteiger partial charge in [0, 0.05) is 48.2 Å². The molecular formula is C21H15F5N6. The number of hydrogen-bond donors (Lipinski definition) is 0. The molecule has 0 saturated heterocycles. The van der Waals surface area contributed by atoms with Crippen LogP contribution in [0.3, 0.4) is 0 Å². The molecule has 0 fully saturated rings. The number of imidazole rings is 1. The van der Waals surface area contributed by atoms with E-state index in [9.17, 15) is 27.2 Å². The SMILES string of the molecule is Cc1cn2ccc(-c3nc(C#N)ccc3-c3cnn(CCC(F)(F)C(F)(F)F)c3)cc2n1. The molecule has 11 heteroatoms. The average molecular weight is 446 g/mol. The maximum atomic E-state index is 13.2. The van der Waals surface area contributed by atoms with Crippen LogP contribution in [-0.4, -0.2) is 36.2 Å². The van der Waals surface area contributed by atoms with E-state index >= 15 is 0 Å². The molecule has 0 aliphatic rings. The van der Waals surface area contributed by atoms with Crippen LogP contribution in [0.5, 0.6) is 0 Å². The lowest BCUT2D eigenvalue weighted by Gasteiger charge is -2.19. The molecule has 0 unspecified atom stereocenters. The summed E-state index contributed by atoms with van der Waals surface area (Å²) in [6, 6.07) is 8.67. The van der Waals surface area contributed by atoms with Gasteiger partial charge in [-0.15, -0.1) is 0 Å². The highest BCUT2D eigenvalue weighted by Crippen LogP contribution is 2.38. The minimum Gasteiger partial charge on any atom is -0.307 e. The van der Waals surface area contributed by atoms with Gasteiger partial charge in [0.1, 0.15) is 17.4 Å². The summed E-state index contributed by atoms with van der Waals surface area (Å²) < 4.78 is 66.5. The van der Waals surface area contributed by atoms with E-state index in [2.05, 4.69) is 15.1 Å². The average Bonchev–Trinajstić information content (AvgIpc) is 3.36. The van der Waals surface area contributed by atoms with E-state index in [4.69, 9.17) is 0 Å². The van der Waals surface area contributed by atoms with Crippen LogP contribution in [0.2, 0.25) is 0 Å². The lowest BCUT2D eigenvalue weighted by Crippen LogP contribution is -2.37. The summed E-state index contributed by atoms with van der Waals surface area (Å²) in [6.07, 6.45) is -0.672. The predicted octanol–water partition coefficient (Wildman–Crippen LogP) is 5.03. The van der Waals surface area contributed by atoms with Gasteiger partial charge in [-0.2, -0.15) is 32.3 Å². The van der Waals surface area contributed by atoms with Gasteiger partial charge in [0.15, 0.2) is 0 Å². The third-order valence-corrected chi connectivity index (χ3v) is 4.88. The monoisotopic (exact) mass is 446 g/mol. The Morgan fingerprint density at radius 2 is 1.81 bits per heavy atom. The Kier molecular flexibility index (Phi) is 5.16. The maximum absolute atomic E-state index is 13.2. The van der Waals surface area contributed by atoms with Crippen molar-refractivity contribution in [2.24, 2.45) is 0 Å². The van der Waals surface area contributed by atoms with E-state index in [0.29, 0.717) is 28.0 Å². The van der Waals surface area contributed by atoms with Crippen molar-refractivity contribution in [3.8, 4) is 28.5 Å². The lowest BCUT2D eigenvalue weighted by atomic mass is 10.0. The van der Waals surface area contributed by atoms with Gasteiger partial charge in [-0.25, -0.2) is 9.97 Å². The molecule has 0 atom stereocenters. The molecule has 0 spiro atoms. The van der Waals surface area contributed by atoms with E-state index in [1.165, 1.54) is 18.5 Å². The van der Waals surface area contributed by atoms with Gasteiger partial charge in [-0.05, 0) is 31.2 Å². The molecule has 0 saturated carbocycles. The maximum Gasteiger partial charge on any atom is 0.453 e. The molecular weight excluding hydrogens is 431 g/mol. The van der Waals surface area contributed by atoms with Gasteiger partial charge in [0.05, 0.1) is 17.6 Å². The van der Waals surface area contributed by atoms with E-state index < -0.39 is 25.1 Å². The highest BCUT2D eigenvalue weighted by molar-refractivity contribution is 5.81. The van der Waals surface area contributed by atoms with Crippen LogP contribution in [-0.2, 0) is 6.54 Å². The zero-order chi connectivity index (χ0) is 23.1. The summed E-state index contributed by atoms with van der Waals surface area (Å²) in [4.78, 5) is 8.78. The minimum atomic E-state index is -5.61. The van der Waals surface area contributed by atoms with E-state index in [-0.39, 0.29) is 5.69 Å². The topological polar surface area (TPSA) is 71.8 Å². The van der Waals surface area contributed by atoms with Crippen molar-refractivity contribution in [2.75, 3.05) is 0 Å². The van der Waals surface area contributed by atoms with Crippen LogP contribution >= 0.6 is 0 Å². The number of pyridine rings is 2. The normalized spacial score (nSPS) is 12.3. The van der Waals surface area contributed by atoms with Crippen molar-refractivity contribution in [3.63, 3.8) is 0 Å². The van der Waals surface area contributed by atoms with E-state index in [1.807, 2.05) is 23.6 Å². The van der Waals surface area contributed by atoms with Crippen LogP contribution in [0, 0.1) is 18.3 Å². The Hall–Kier alpha value is -3.81. The van der Waals surface area contributed by atoms with Crippen molar-refractivity contribution in [1.82, 2.24) is 24.1 Å². The summed E-state index contributed by atoms with van der Waals surface area (Å²) in [5.74, 6) is -4.81. The van der Waals surface area contributed by atoms with Crippen molar-refractivity contribution < 1.29 is 22.0 Å². The lowest BCUT2D eigenvalue weighted by molar-refractivity contribution is -0.285. The van der Waals surface area contributed by atoms with Crippen LogP contribution in [0.15, 0.2) is 49.1 Å². The molecule has 4 heterocycles. The second-order valence-electron chi connectivity index (χ2n) is 7.21. The van der Waals surface area contributed by atoms with Gasteiger partial charge in [0.2, 0.25) is 0 Å². The molecule has 32 heavy (non-hydrogen) atoms. The van der Waals surface area contributed by atoms with Crippen molar-refractivity contribution in [1.29, 1.82) is 5.26 Å². The number of aryl methyl sites for hydroxylation is 2. The fraction of sp³-hybridized carbons (Fsp3) is 0.238. The summed E-state index contributed by atoms with van der Waals surface area (Å²) >= 11 is 0. The van der Waals surface area contributed by atoms with Crippen molar-refractivity contribution in [3.05, 3.63) is 60.4 Å². The number of hydrogen-bond acceptors (Lipinski definition) is 4. The molecule has 4 aromatic heterocycles. The van der Waals surface area contributed by atoms with Gasteiger partial charge in [0.25, 0.3) is 0 Å². The Balaban J connectivity index is 1.69. The number of nitriles is 1. The molecule has 4 rings (SSSR count). The Bertz CT molecular complexity index is 1330. The first-order valence-electron chi connectivity index (χ1n) is 9.42. The Morgan fingerprint density at radius 3 is 2.53 bits per heavy atom. The van der Waals surface area contributed by atoms with Crippen molar-refractivity contribution in [2.45, 2.75) is 32.0 Å². The Morgan fingerprint density at radius 1 is 1.03 bits per heavy atom. The first-order valence-corrected chi connectivity index (χ1v) is 9.42. The highest BCUT2D eigenvalue weighted by Gasteiger charge is 2.56. The molecule has 0 aromatic carbocycles. The summed E-state index contributed by atoms with van der Waals surface area (Å²) in [5, 5.41) is 13.2. The molecule has 6 nitrogen and oxygen atoms in total. The second kappa shape index (κ2) is 7.71. The van der Waals surface area contributed by atoms with Gasteiger partial charge in [-0.3, -0.25) is 4.68 Å². The summed E-state index contributed by atoms with van der Waals surface area (Å²) in [5.41, 5.74) is 3.76. The number of rotatable bonds is 5. The Labute approximate surface area is 178 Å².